The fraction of sp³-hybridized carbons (Fsp3) is 0.125. The molecule has 5 nitrogen and oxygen atoms in total. The number of hydrazine groups is 1. The van der Waals surface area contributed by atoms with E-state index in [-0.39, 0.29) is 10.0 Å². The maximum absolute atomic E-state index is 12.9. The summed E-state index contributed by atoms with van der Waals surface area (Å²) in [5.74, 6) is -0.638. The fourth-order valence-corrected chi connectivity index (χ4v) is 2.27. The summed E-state index contributed by atoms with van der Waals surface area (Å²) < 4.78 is 36.2. The summed E-state index contributed by atoms with van der Waals surface area (Å²) in [5, 5.41) is -0.224. The van der Waals surface area contributed by atoms with Crippen LogP contribution in [0.4, 0.5) is 4.39 Å². The van der Waals surface area contributed by atoms with Crippen LogP contribution in [0.5, 0.6) is 0 Å². The number of nitrogens with one attached hydrogen (secondary N) is 2. The highest BCUT2D eigenvalue weighted by Gasteiger charge is 2.17. The molecule has 88 valence electrons. The van der Waals surface area contributed by atoms with Gasteiger partial charge in [0.15, 0.2) is 5.11 Å². The standard InChI is InChI=1S/C8H10FN3O2S2/c1-5-2-3-6(9)4-7(5)16(13,14)12-11-8(10)15/h2-4,12H,1H3,(H3,10,11,15). The minimum atomic E-state index is -3.88. The maximum Gasteiger partial charge on any atom is 0.257 e. The highest BCUT2D eigenvalue weighted by molar-refractivity contribution is 7.89. The van der Waals surface area contributed by atoms with Gasteiger partial charge in [-0.3, -0.25) is 5.43 Å². The van der Waals surface area contributed by atoms with E-state index in [1.807, 2.05) is 4.83 Å². The van der Waals surface area contributed by atoms with E-state index >= 15 is 0 Å². The highest BCUT2D eigenvalue weighted by atomic mass is 32.2. The van der Waals surface area contributed by atoms with E-state index in [0.717, 1.165) is 6.07 Å². The molecule has 0 heterocycles. The van der Waals surface area contributed by atoms with Gasteiger partial charge in [-0.25, -0.2) is 12.8 Å². The van der Waals surface area contributed by atoms with E-state index in [0.29, 0.717) is 5.56 Å². The van der Waals surface area contributed by atoms with Crippen molar-refractivity contribution in [1.29, 1.82) is 0 Å². The summed E-state index contributed by atoms with van der Waals surface area (Å²) in [6.07, 6.45) is 0. The van der Waals surface area contributed by atoms with Crippen LogP contribution >= 0.6 is 12.2 Å². The summed E-state index contributed by atoms with van der Waals surface area (Å²) in [4.78, 5) is 1.76. The molecule has 1 aromatic rings. The molecule has 0 spiro atoms. The molecule has 0 aromatic heterocycles. The van der Waals surface area contributed by atoms with Crippen LogP contribution in [0.25, 0.3) is 0 Å². The normalized spacial score (nSPS) is 11.1. The van der Waals surface area contributed by atoms with E-state index in [4.69, 9.17) is 5.73 Å². The van der Waals surface area contributed by atoms with Crippen LogP contribution in [0.1, 0.15) is 5.56 Å². The predicted molar refractivity (Wildman–Crippen MR) is 61.4 cm³/mol. The van der Waals surface area contributed by atoms with Gasteiger partial charge >= 0.3 is 0 Å². The number of thiocarbonyl (C=S) groups is 1. The lowest BCUT2D eigenvalue weighted by atomic mass is 10.2. The molecule has 1 aromatic carbocycles. The molecule has 0 saturated heterocycles. The summed E-state index contributed by atoms with van der Waals surface area (Å²) in [6.45, 7) is 1.55. The third kappa shape index (κ3) is 3.12. The van der Waals surface area contributed by atoms with Crippen molar-refractivity contribution in [2.45, 2.75) is 11.8 Å². The molecule has 1 rings (SSSR count). The first-order valence-corrected chi connectivity index (χ1v) is 6.05. The number of sulfonamides is 1. The first kappa shape index (κ1) is 12.8. The molecule has 8 heteroatoms. The molecule has 16 heavy (non-hydrogen) atoms. The van der Waals surface area contributed by atoms with Gasteiger partial charge in [0.05, 0.1) is 4.90 Å². The van der Waals surface area contributed by atoms with Crippen LogP contribution in [0, 0.1) is 12.7 Å². The second-order valence-electron chi connectivity index (χ2n) is 3.00. The molecule has 0 unspecified atom stereocenters. The molecule has 0 amide bonds. The molecule has 0 atom stereocenters. The monoisotopic (exact) mass is 263 g/mol. The summed E-state index contributed by atoms with van der Waals surface area (Å²) in [6, 6.07) is 3.46. The Morgan fingerprint density at radius 2 is 2.12 bits per heavy atom. The Hall–Kier alpha value is -1.25. The fourth-order valence-electron chi connectivity index (χ4n) is 1.04. The minimum absolute atomic E-state index is 0.170. The van der Waals surface area contributed by atoms with E-state index in [2.05, 4.69) is 17.6 Å². The SMILES string of the molecule is Cc1ccc(F)cc1S(=O)(=O)NNC(N)=S. The zero-order valence-electron chi connectivity index (χ0n) is 8.32. The molecule has 0 fully saturated rings. The number of halogens is 1. The van der Waals surface area contributed by atoms with Gasteiger partial charge in [-0.05, 0) is 36.8 Å². The summed E-state index contributed by atoms with van der Waals surface area (Å²) >= 11 is 4.44. The lowest BCUT2D eigenvalue weighted by Gasteiger charge is -2.09. The van der Waals surface area contributed by atoms with Gasteiger partial charge in [0.25, 0.3) is 10.0 Å². The highest BCUT2D eigenvalue weighted by Crippen LogP contribution is 2.15. The van der Waals surface area contributed by atoms with Crippen molar-refractivity contribution in [3.8, 4) is 0 Å². The topological polar surface area (TPSA) is 84.2 Å². The van der Waals surface area contributed by atoms with Crippen LogP contribution in [0.15, 0.2) is 23.1 Å². The van der Waals surface area contributed by atoms with E-state index in [1.54, 1.807) is 6.92 Å². The number of rotatable bonds is 3. The number of benzene rings is 1. The third-order valence-electron chi connectivity index (χ3n) is 1.75. The first-order chi connectivity index (χ1) is 7.33. The smallest absolute Gasteiger partial charge is 0.257 e. The average molecular weight is 263 g/mol. The van der Waals surface area contributed by atoms with Crippen LogP contribution in [0.3, 0.4) is 0 Å². The Balaban J connectivity index is 3.07. The molecule has 0 aliphatic rings. The largest absolute Gasteiger partial charge is 0.375 e. The molecule has 0 saturated carbocycles. The molecular formula is C8H10FN3O2S2. The summed E-state index contributed by atoms with van der Waals surface area (Å²) in [5.41, 5.74) is 7.56. The van der Waals surface area contributed by atoms with Gasteiger partial charge < -0.3 is 5.73 Å². The number of hydrogen-bond donors (Lipinski definition) is 3. The van der Waals surface area contributed by atoms with Crippen molar-refractivity contribution >= 4 is 27.4 Å². The Morgan fingerprint density at radius 1 is 1.50 bits per heavy atom. The minimum Gasteiger partial charge on any atom is -0.375 e. The lowest BCUT2D eigenvalue weighted by Crippen LogP contribution is -2.44. The first-order valence-electron chi connectivity index (χ1n) is 4.16. The quantitative estimate of drug-likeness (QED) is 0.534. The Morgan fingerprint density at radius 3 is 2.69 bits per heavy atom. The van der Waals surface area contributed by atoms with Crippen molar-refractivity contribution in [3.63, 3.8) is 0 Å². The molecule has 0 aliphatic carbocycles. The van der Waals surface area contributed by atoms with Crippen LogP contribution < -0.4 is 16.0 Å². The van der Waals surface area contributed by atoms with Gasteiger partial charge in [-0.2, -0.15) is 0 Å². The van der Waals surface area contributed by atoms with Crippen LogP contribution in [-0.2, 0) is 10.0 Å². The molecule has 0 bridgehead atoms. The van der Waals surface area contributed by atoms with Crippen molar-refractivity contribution in [2.24, 2.45) is 5.73 Å². The van der Waals surface area contributed by atoms with Gasteiger partial charge in [0, 0.05) is 0 Å². The van der Waals surface area contributed by atoms with Gasteiger partial charge in [-0.1, -0.05) is 6.07 Å². The summed E-state index contributed by atoms with van der Waals surface area (Å²) in [7, 11) is -3.88. The van der Waals surface area contributed by atoms with Crippen molar-refractivity contribution in [1.82, 2.24) is 10.3 Å². The van der Waals surface area contributed by atoms with Crippen LogP contribution in [-0.4, -0.2) is 13.5 Å². The van der Waals surface area contributed by atoms with Crippen molar-refractivity contribution in [3.05, 3.63) is 29.6 Å². The number of nitrogens with two attached hydrogens (primary N) is 1. The van der Waals surface area contributed by atoms with Gasteiger partial charge in [0.2, 0.25) is 0 Å². The predicted octanol–water partition coefficient (Wildman–Crippen LogP) is 0.161. The second-order valence-corrected chi connectivity index (χ2v) is 5.10. The van der Waals surface area contributed by atoms with E-state index in [1.165, 1.54) is 12.1 Å². The van der Waals surface area contributed by atoms with Gasteiger partial charge in [-0.15, -0.1) is 4.83 Å². The van der Waals surface area contributed by atoms with E-state index < -0.39 is 15.8 Å². The Kier molecular flexibility index (Phi) is 3.79. The van der Waals surface area contributed by atoms with Crippen molar-refractivity contribution < 1.29 is 12.8 Å². The Bertz CT molecular complexity index is 516. The van der Waals surface area contributed by atoms with E-state index in [9.17, 15) is 12.8 Å². The Labute approximate surface area is 97.9 Å². The number of hydrogen-bond acceptors (Lipinski definition) is 3. The van der Waals surface area contributed by atoms with Crippen LogP contribution in [0.2, 0.25) is 0 Å². The zero-order valence-corrected chi connectivity index (χ0v) is 9.95. The number of aryl methyl sites for hydroxylation is 1. The molecule has 0 aliphatic heterocycles. The van der Waals surface area contributed by atoms with Crippen molar-refractivity contribution in [2.75, 3.05) is 0 Å². The molecular weight excluding hydrogens is 253 g/mol. The molecule has 0 radical (unpaired) electrons. The second kappa shape index (κ2) is 4.73. The van der Waals surface area contributed by atoms with Gasteiger partial charge in [0.1, 0.15) is 5.82 Å². The average Bonchev–Trinajstić information content (AvgIpc) is 2.19. The maximum atomic E-state index is 12.9. The zero-order chi connectivity index (χ0) is 12.3. The lowest BCUT2D eigenvalue weighted by molar-refractivity contribution is 0.573. The third-order valence-corrected chi connectivity index (χ3v) is 3.24. The molecule has 4 N–H and O–H groups in total.